The highest BCUT2D eigenvalue weighted by atomic mass is 15.0. The SMILES string of the molecule is c1ccc(-c2ccc(-n3c4ccccc4c4cc(-c5ccc6c(c5)c5cc7c8ccccc8n(-c8ccccc8)c7cc5n6-c5ccccc5)ccc43)cc2)cc1. The Hall–Kier alpha value is -7.62. The molecular formula is C54H35N3. The number of nitrogens with zero attached hydrogens (tertiary/aromatic N) is 3. The smallest absolute Gasteiger partial charge is 0.0562 e. The fourth-order valence-corrected chi connectivity index (χ4v) is 9.24. The van der Waals surface area contributed by atoms with E-state index in [2.05, 4.69) is 226 Å². The van der Waals surface area contributed by atoms with Crippen molar-refractivity contribution in [2.45, 2.75) is 0 Å². The largest absolute Gasteiger partial charge is 0.309 e. The molecule has 3 nitrogen and oxygen atoms in total. The van der Waals surface area contributed by atoms with E-state index in [0.717, 1.165) is 17.1 Å². The molecule has 9 aromatic carbocycles. The maximum Gasteiger partial charge on any atom is 0.0562 e. The first-order chi connectivity index (χ1) is 28.3. The quantitative estimate of drug-likeness (QED) is 0.168. The maximum absolute atomic E-state index is 2.43. The summed E-state index contributed by atoms with van der Waals surface area (Å²) in [7, 11) is 0. The number of hydrogen-bond donors (Lipinski definition) is 0. The molecule has 266 valence electrons. The van der Waals surface area contributed by atoms with Gasteiger partial charge < -0.3 is 13.7 Å². The molecule has 3 aromatic heterocycles. The van der Waals surface area contributed by atoms with Gasteiger partial charge in [0.25, 0.3) is 0 Å². The van der Waals surface area contributed by atoms with Crippen molar-refractivity contribution < 1.29 is 0 Å². The second-order valence-corrected chi connectivity index (χ2v) is 15.0. The van der Waals surface area contributed by atoms with Gasteiger partial charge in [-0.15, -0.1) is 0 Å². The van der Waals surface area contributed by atoms with E-state index in [1.54, 1.807) is 0 Å². The Balaban J connectivity index is 1.06. The predicted octanol–water partition coefficient (Wildman–Crippen LogP) is 14.3. The lowest BCUT2D eigenvalue weighted by molar-refractivity contribution is 1.16. The van der Waals surface area contributed by atoms with Gasteiger partial charge in [0.05, 0.1) is 33.1 Å². The van der Waals surface area contributed by atoms with Gasteiger partial charge in [0.2, 0.25) is 0 Å². The average Bonchev–Trinajstić information content (AvgIpc) is 3.91. The third-order valence-electron chi connectivity index (χ3n) is 11.8. The van der Waals surface area contributed by atoms with Crippen LogP contribution in [0.4, 0.5) is 0 Å². The molecule has 0 saturated carbocycles. The average molecular weight is 726 g/mol. The Morgan fingerprint density at radius 2 is 0.544 bits per heavy atom. The Kier molecular flexibility index (Phi) is 6.93. The van der Waals surface area contributed by atoms with E-state index in [-0.39, 0.29) is 0 Å². The predicted molar refractivity (Wildman–Crippen MR) is 240 cm³/mol. The van der Waals surface area contributed by atoms with Crippen LogP contribution in [0.25, 0.3) is 105 Å². The molecule has 12 aromatic rings. The van der Waals surface area contributed by atoms with Crippen LogP contribution in [0.5, 0.6) is 0 Å². The van der Waals surface area contributed by atoms with Gasteiger partial charge >= 0.3 is 0 Å². The minimum Gasteiger partial charge on any atom is -0.309 e. The number of hydrogen-bond acceptors (Lipinski definition) is 0. The van der Waals surface area contributed by atoms with Crippen molar-refractivity contribution in [3.63, 3.8) is 0 Å². The molecule has 0 atom stereocenters. The van der Waals surface area contributed by atoms with E-state index < -0.39 is 0 Å². The molecule has 0 radical (unpaired) electrons. The van der Waals surface area contributed by atoms with Gasteiger partial charge in [0.1, 0.15) is 0 Å². The lowest BCUT2D eigenvalue weighted by Gasteiger charge is -2.10. The van der Waals surface area contributed by atoms with E-state index in [0.29, 0.717) is 0 Å². The Morgan fingerprint density at radius 3 is 1.09 bits per heavy atom. The number of aromatic nitrogens is 3. The molecule has 0 aliphatic heterocycles. The zero-order chi connectivity index (χ0) is 37.5. The fraction of sp³-hybridized carbons (Fsp3) is 0. The van der Waals surface area contributed by atoms with Gasteiger partial charge in [-0.05, 0) is 107 Å². The zero-order valence-corrected chi connectivity index (χ0v) is 31.0. The van der Waals surface area contributed by atoms with Crippen LogP contribution < -0.4 is 0 Å². The minimum absolute atomic E-state index is 1.15. The summed E-state index contributed by atoms with van der Waals surface area (Å²) in [5, 5.41) is 7.50. The monoisotopic (exact) mass is 725 g/mol. The number of para-hydroxylation sites is 4. The number of rotatable bonds is 5. The number of benzene rings is 9. The Bertz CT molecular complexity index is 3480. The molecular weight excluding hydrogens is 691 g/mol. The highest BCUT2D eigenvalue weighted by molar-refractivity contribution is 6.20. The standard InChI is InChI=1S/C54H35N3/c1-4-14-36(15-5-1)37-24-28-42(29-25-37)55-49-22-12-10-20-43(49)45-32-38(26-30-51(45)55)39-27-31-52-46(33-39)48-34-47-44-21-11-13-23-50(44)56(40-16-6-2-7-17-40)53(47)35-54(48)57(52)41-18-8-3-9-19-41/h1-35H. The van der Waals surface area contributed by atoms with E-state index in [1.165, 1.54) is 87.7 Å². The van der Waals surface area contributed by atoms with Crippen LogP contribution in [0.1, 0.15) is 0 Å². The van der Waals surface area contributed by atoms with Crippen molar-refractivity contribution in [1.29, 1.82) is 0 Å². The molecule has 3 heteroatoms. The third-order valence-corrected chi connectivity index (χ3v) is 11.8. The molecule has 0 bridgehead atoms. The second kappa shape index (κ2) is 12.5. The number of fused-ring (bicyclic) bond motifs is 9. The molecule has 0 unspecified atom stereocenters. The lowest BCUT2D eigenvalue weighted by Crippen LogP contribution is -1.95. The molecule has 3 heterocycles. The first kappa shape index (κ1) is 31.7. The summed E-state index contributed by atoms with van der Waals surface area (Å²) in [5.41, 5.74) is 15.5. The molecule has 0 saturated heterocycles. The minimum atomic E-state index is 1.15. The van der Waals surface area contributed by atoms with E-state index in [9.17, 15) is 0 Å². The van der Waals surface area contributed by atoms with Crippen molar-refractivity contribution in [3.8, 4) is 39.3 Å². The first-order valence-electron chi connectivity index (χ1n) is 19.6. The van der Waals surface area contributed by atoms with Crippen molar-refractivity contribution in [3.05, 3.63) is 212 Å². The topological polar surface area (TPSA) is 14.8 Å². The second-order valence-electron chi connectivity index (χ2n) is 15.0. The van der Waals surface area contributed by atoms with Crippen LogP contribution in [-0.4, -0.2) is 13.7 Å². The van der Waals surface area contributed by atoms with Gasteiger partial charge in [0.15, 0.2) is 0 Å². The highest BCUT2D eigenvalue weighted by Crippen LogP contribution is 2.42. The van der Waals surface area contributed by atoms with Crippen LogP contribution in [-0.2, 0) is 0 Å². The van der Waals surface area contributed by atoms with Crippen molar-refractivity contribution in [2.24, 2.45) is 0 Å². The molecule has 0 fully saturated rings. The summed E-state index contributed by atoms with van der Waals surface area (Å²) in [6.07, 6.45) is 0. The highest BCUT2D eigenvalue weighted by Gasteiger charge is 2.20. The van der Waals surface area contributed by atoms with E-state index >= 15 is 0 Å². The van der Waals surface area contributed by atoms with Crippen LogP contribution in [0, 0.1) is 0 Å². The molecule has 0 aliphatic carbocycles. The summed E-state index contributed by atoms with van der Waals surface area (Å²) < 4.78 is 7.24. The van der Waals surface area contributed by atoms with E-state index in [1.807, 2.05) is 0 Å². The summed E-state index contributed by atoms with van der Waals surface area (Å²) in [6, 6.07) is 77.4. The molecule has 12 rings (SSSR count). The van der Waals surface area contributed by atoms with Crippen LogP contribution in [0.2, 0.25) is 0 Å². The normalized spacial score (nSPS) is 11.9. The summed E-state index contributed by atoms with van der Waals surface area (Å²) in [6.45, 7) is 0. The van der Waals surface area contributed by atoms with Gasteiger partial charge in [-0.2, -0.15) is 0 Å². The Morgan fingerprint density at radius 1 is 0.193 bits per heavy atom. The van der Waals surface area contributed by atoms with E-state index in [4.69, 9.17) is 0 Å². The van der Waals surface area contributed by atoms with Crippen LogP contribution in [0.15, 0.2) is 212 Å². The first-order valence-corrected chi connectivity index (χ1v) is 19.6. The van der Waals surface area contributed by atoms with Crippen molar-refractivity contribution >= 4 is 65.4 Å². The lowest BCUT2D eigenvalue weighted by atomic mass is 10.00. The van der Waals surface area contributed by atoms with Gasteiger partial charge in [-0.25, -0.2) is 0 Å². The van der Waals surface area contributed by atoms with Gasteiger partial charge in [-0.3, -0.25) is 0 Å². The molecule has 57 heavy (non-hydrogen) atoms. The summed E-state index contributed by atoms with van der Waals surface area (Å²) >= 11 is 0. The molecule has 0 aliphatic rings. The van der Waals surface area contributed by atoms with Crippen molar-refractivity contribution in [1.82, 2.24) is 13.7 Å². The molecule has 0 spiro atoms. The summed E-state index contributed by atoms with van der Waals surface area (Å²) in [4.78, 5) is 0. The Labute approximate surface area is 329 Å². The fourth-order valence-electron chi connectivity index (χ4n) is 9.24. The zero-order valence-electron chi connectivity index (χ0n) is 31.0. The van der Waals surface area contributed by atoms with Crippen molar-refractivity contribution in [2.75, 3.05) is 0 Å². The third kappa shape index (κ3) is 4.86. The maximum atomic E-state index is 2.43. The van der Waals surface area contributed by atoms with Crippen LogP contribution in [0.3, 0.4) is 0 Å². The van der Waals surface area contributed by atoms with Crippen LogP contribution >= 0.6 is 0 Å². The molecule has 0 amide bonds. The van der Waals surface area contributed by atoms with Gasteiger partial charge in [0, 0.05) is 49.4 Å². The molecule has 0 N–H and O–H groups in total. The van der Waals surface area contributed by atoms with Gasteiger partial charge in [-0.1, -0.05) is 127 Å². The summed E-state index contributed by atoms with van der Waals surface area (Å²) in [5.74, 6) is 0.